The van der Waals surface area contributed by atoms with Crippen LogP contribution in [0.1, 0.15) is 27.6 Å². The van der Waals surface area contributed by atoms with Gasteiger partial charge in [0.05, 0.1) is 11.1 Å². The SMILES string of the molecule is CC(OC(=O)c1ccc(C(=O)Oc2ccc(O)cc2)cc1)C(F)(F)C(F)(F)C(F)(F)C(F)(F)C(F)(F)C(F)(F)F. The van der Waals surface area contributed by atoms with E-state index in [4.69, 9.17) is 9.84 Å². The van der Waals surface area contributed by atoms with Gasteiger partial charge < -0.3 is 14.6 Å². The lowest BCUT2D eigenvalue weighted by Crippen LogP contribution is -2.71. The van der Waals surface area contributed by atoms with Crippen LogP contribution < -0.4 is 4.74 Å². The van der Waals surface area contributed by atoms with E-state index in [0.717, 1.165) is 24.3 Å². The molecule has 0 aliphatic rings. The summed E-state index contributed by atoms with van der Waals surface area (Å²) in [7, 11) is 0. The lowest BCUT2D eigenvalue weighted by atomic mass is 9.92. The molecule has 0 saturated heterocycles. The van der Waals surface area contributed by atoms with Crippen LogP contribution in [0.4, 0.5) is 57.1 Å². The van der Waals surface area contributed by atoms with Crippen LogP contribution in [0.5, 0.6) is 11.5 Å². The fourth-order valence-electron chi connectivity index (χ4n) is 2.76. The number of phenolic OH excluding ortho intramolecular Hbond substituents is 1. The number of rotatable bonds is 9. The van der Waals surface area contributed by atoms with Crippen molar-refractivity contribution in [1.82, 2.24) is 0 Å². The summed E-state index contributed by atoms with van der Waals surface area (Å²) < 4.78 is 181. The summed E-state index contributed by atoms with van der Waals surface area (Å²) in [6.07, 6.45) is -11.3. The molecule has 0 amide bonds. The first-order valence-corrected chi connectivity index (χ1v) is 10.2. The van der Waals surface area contributed by atoms with Gasteiger partial charge in [0.2, 0.25) is 0 Å². The van der Waals surface area contributed by atoms with E-state index in [2.05, 4.69) is 4.74 Å². The van der Waals surface area contributed by atoms with Crippen molar-refractivity contribution >= 4 is 11.9 Å². The fourth-order valence-corrected chi connectivity index (χ4v) is 2.76. The number of hydrogen-bond acceptors (Lipinski definition) is 5. The van der Waals surface area contributed by atoms with Gasteiger partial charge >= 0.3 is 47.7 Å². The van der Waals surface area contributed by atoms with Crippen LogP contribution in [-0.2, 0) is 4.74 Å². The van der Waals surface area contributed by atoms with Crippen LogP contribution >= 0.6 is 0 Å². The van der Waals surface area contributed by atoms with E-state index in [9.17, 15) is 66.7 Å². The third kappa shape index (κ3) is 5.47. The van der Waals surface area contributed by atoms with Crippen LogP contribution in [0.2, 0.25) is 0 Å². The Labute approximate surface area is 214 Å². The molecule has 1 unspecified atom stereocenters. The molecule has 0 radical (unpaired) electrons. The van der Waals surface area contributed by atoms with Crippen molar-refractivity contribution in [2.45, 2.75) is 48.8 Å². The Kier molecular flexibility index (Phi) is 8.40. The summed E-state index contributed by atoms with van der Waals surface area (Å²) in [5.41, 5.74) is -1.12. The molecule has 0 heterocycles. The molecular weight excluding hydrogens is 591 g/mol. The molecule has 0 fully saturated rings. The van der Waals surface area contributed by atoms with Crippen molar-refractivity contribution < 1.29 is 81.2 Å². The predicted octanol–water partition coefficient (Wildman–Crippen LogP) is 6.90. The first kappa shape index (κ1) is 32.5. The number of phenols is 1. The Bertz CT molecular complexity index is 1220. The van der Waals surface area contributed by atoms with Crippen LogP contribution in [0.3, 0.4) is 0 Å². The summed E-state index contributed by atoms with van der Waals surface area (Å²) in [5, 5.41) is 9.17. The highest BCUT2D eigenvalue weighted by Crippen LogP contribution is 2.60. The van der Waals surface area contributed by atoms with Gasteiger partial charge in [-0.2, -0.15) is 57.1 Å². The van der Waals surface area contributed by atoms with Crippen molar-refractivity contribution in [3.63, 3.8) is 0 Å². The Hall–Kier alpha value is -3.73. The van der Waals surface area contributed by atoms with Gasteiger partial charge in [-0.05, 0) is 55.5 Å². The molecule has 1 N–H and O–H groups in total. The molecule has 0 saturated carbocycles. The minimum atomic E-state index is -8.08. The van der Waals surface area contributed by atoms with Gasteiger partial charge in [-0.1, -0.05) is 0 Å². The molecule has 1 atom stereocenters. The van der Waals surface area contributed by atoms with Gasteiger partial charge in [-0.3, -0.25) is 0 Å². The van der Waals surface area contributed by atoms with Crippen LogP contribution in [0.15, 0.2) is 48.5 Å². The third-order valence-electron chi connectivity index (χ3n) is 5.16. The van der Waals surface area contributed by atoms with E-state index < -0.39 is 59.4 Å². The van der Waals surface area contributed by atoms with Gasteiger partial charge in [0, 0.05) is 0 Å². The van der Waals surface area contributed by atoms with Gasteiger partial charge in [0.1, 0.15) is 11.5 Å². The maximum Gasteiger partial charge on any atom is 0.460 e. The molecule has 0 bridgehead atoms. The summed E-state index contributed by atoms with van der Waals surface area (Å²) in [6.45, 7) is -0.245. The second kappa shape index (κ2) is 10.3. The molecule has 0 spiro atoms. The lowest BCUT2D eigenvalue weighted by Gasteiger charge is -2.40. The summed E-state index contributed by atoms with van der Waals surface area (Å²) in [5.74, 6) is -41.5. The molecule has 2 rings (SSSR count). The Morgan fingerprint density at radius 2 is 1.02 bits per heavy atom. The average molecular weight is 604 g/mol. The van der Waals surface area contributed by atoms with Crippen LogP contribution in [0.25, 0.3) is 0 Å². The normalized spacial score (nSPS) is 14.4. The maximum atomic E-state index is 14.1. The zero-order valence-corrected chi connectivity index (χ0v) is 19.2. The average Bonchev–Trinajstić information content (AvgIpc) is 2.84. The molecule has 40 heavy (non-hydrogen) atoms. The quantitative estimate of drug-likeness (QED) is 0.192. The van der Waals surface area contributed by atoms with Gasteiger partial charge in [0.15, 0.2) is 6.10 Å². The molecular formula is C22H13F13O5. The maximum absolute atomic E-state index is 14.1. The number of ether oxygens (including phenoxy) is 2. The first-order valence-electron chi connectivity index (χ1n) is 10.2. The van der Waals surface area contributed by atoms with Gasteiger partial charge in [-0.15, -0.1) is 0 Å². The highest BCUT2D eigenvalue weighted by molar-refractivity contribution is 5.94. The fraction of sp³-hybridized carbons (Fsp3) is 0.364. The summed E-state index contributed by atoms with van der Waals surface area (Å²) >= 11 is 0. The smallest absolute Gasteiger partial charge is 0.460 e. The second-order valence-electron chi connectivity index (χ2n) is 7.93. The van der Waals surface area contributed by atoms with E-state index >= 15 is 0 Å². The Morgan fingerprint density at radius 3 is 1.45 bits per heavy atom. The zero-order chi connectivity index (χ0) is 31.1. The van der Waals surface area contributed by atoms with Gasteiger partial charge in [0.25, 0.3) is 0 Å². The molecule has 0 aliphatic heterocycles. The summed E-state index contributed by atoms with van der Waals surface area (Å²) in [4.78, 5) is 24.1. The molecule has 0 aromatic heterocycles. The molecule has 0 aliphatic carbocycles. The number of alkyl halides is 13. The zero-order valence-electron chi connectivity index (χ0n) is 19.2. The number of esters is 2. The number of hydrogen-bond donors (Lipinski definition) is 1. The minimum Gasteiger partial charge on any atom is -0.508 e. The second-order valence-corrected chi connectivity index (χ2v) is 7.93. The van der Waals surface area contributed by atoms with E-state index in [1.54, 1.807) is 0 Å². The van der Waals surface area contributed by atoms with Crippen molar-refractivity contribution in [3.05, 3.63) is 59.7 Å². The number of carbonyl (C=O) groups is 2. The third-order valence-corrected chi connectivity index (χ3v) is 5.16. The van der Waals surface area contributed by atoms with Gasteiger partial charge in [-0.25, -0.2) is 9.59 Å². The van der Waals surface area contributed by atoms with E-state index in [0.29, 0.717) is 12.1 Å². The van der Waals surface area contributed by atoms with Crippen molar-refractivity contribution in [3.8, 4) is 11.5 Å². The predicted molar refractivity (Wildman–Crippen MR) is 105 cm³/mol. The van der Waals surface area contributed by atoms with E-state index in [1.807, 2.05) is 0 Å². The van der Waals surface area contributed by atoms with Crippen molar-refractivity contribution in [2.24, 2.45) is 0 Å². The monoisotopic (exact) mass is 604 g/mol. The highest BCUT2D eigenvalue weighted by atomic mass is 19.4. The Balaban J connectivity index is 2.23. The molecule has 18 heteroatoms. The minimum absolute atomic E-state index is 0.0568. The van der Waals surface area contributed by atoms with Crippen LogP contribution in [0, 0.1) is 0 Å². The number of aromatic hydroxyl groups is 1. The van der Waals surface area contributed by atoms with Crippen molar-refractivity contribution in [1.29, 1.82) is 0 Å². The first-order chi connectivity index (χ1) is 17.9. The van der Waals surface area contributed by atoms with Crippen LogP contribution in [-0.4, -0.2) is 58.9 Å². The molecule has 222 valence electrons. The van der Waals surface area contributed by atoms with E-state index in [-0.39, 0.29) is 24.0 Å². The summed E-state index contributed by atoms with van der Waals surface area (Å²) in [6, 6.07) is 7.61. The number of benzene rings is 2. The lowest BCUT2D eigenvalue weighted by molar-refractivity contribution is -0.443. The number of halogens is 13. The number of carbonyl (C=O) groups excluding carboxylic acids is 2. The topological polar surface area (TPSA) is 72.8 Å². The largest absolute Gasteiger partial charge is 0.508 e. The molecule has 2 aromatic rings. The Morgan fingerprint density at radius 1 is 0.625 bits per heavy atom. The van der Waals surface area contributed by atoms with Crippen molar-refractivity contribution in [2.75, 3.05) is 0 Å². The van der Waals surface area contributed by atoms with E-state index in [1.165, 1.54) is 12.1 Å². The standard InChI is InChI=1S/C22H13F13O5/c1-10(17(23,24)18(25,26)19(27,28)20(29,30)21(31,32)22(33,34)35)39-15(37)11-2-4-12(5-3-11)16(38)40-14-8-6-13(36)7-9-14/h2-10,36H,1H3. The molecule has 5 nitrogen and oxygen atoms in total. The molecule has 2 aromatic carbocycles. The highest BCUT2D eigenvalue weighted by Gasteiger charge is 2.91.